The van der Waals surface area contributed by atoms with Crippen LogP contribution < -0.4 is 10.6 Å². The summed E-state index contributed by atoms with van der Waals surface area (Å²) in [5, 5.41) is 5.91. The summed E-state index contributed by atoms with van der Waals surface area (Å²) < 4.78 is 0. The topological polar surface area (TPSA) is 74.3 Å². The summed E-state index contributed by atoms with van der Waals surface area (Å²) >= 11 is 0. The maximum absolute atomic E-state index is 12.2. The van der Waals surface area contributed by atoms with Gasteiger partial charge in [0.15, 0.2) is 0 Å². The monoisotopic (exact) mass is 262 g/mol. The fraction of sp³-hybridized carbons (Fsp3) is 0.462. The number of nitrogens with one attached hydrogen (secondary N) is 2. The molecule has 0 spiro atoms. The van der Waals surface area contributed by atoms with Crippen LogP contribution in [-0.2, 0) is 4.79 Å². The molecule has 2 rings (SSSR count). The molecule has 0 bridgehead atoms. The van der Waals surface area contributed by atoms with Gasteiger partial charge in [-0.25, -0.2) is 0 Å². The summed E-state index contributed by atoms with van der Waals surface area (Å²) in [6.45, 7) is 0.555. The molecule has 6 heteroatoms. The van der Waals surface area contributed by atoms with Gasteiger partial charge < -0.3 is 15.5 Å². The smallest absolute Gasteiger partial charge is 0.255 e. The van der Waals surface area contributed by atoms with Gasteiger partial charge in [-0.15, -0.1) is 0 Å². The first-order valence-corrected chi connectivity index (χ1v) is 6.28. The summed E-state index contributed by atoms with van der Waals surface area (Å²) in [6.07, 6.45) is 4.34. The highest BCUT2D eigenvalue weighted by Crippen LogP contribution is 2.14. The minimum Gasteiger partial charge on any atom is -0.387 e. The number of likely N-dealkylation sites (tertiary alicyclic amines) is 1. The van der Waals surface area contributed by atoms with Gasteiger partial charge in [-0.2, -0.15) is 0 Å². The van der Waals surface area contributed by atoms with Crippen LogP contribution in [0.5, 0.6) is 0 Å². The highest BCUT2D eigenvalue weighted by molar-refractivity contribution is 5.99. The second-order valence-electron chi connectivity index (χ2n) is 4.65. The number of anilines is 1. The van der Waals surface area contributed by atoms with Crippen molar-refractivity contribution in [2.24, 2.45) is 0 Å². The number of amides is 2. The van der Waals surface area contributed by atoms with Crippen molar-refractivity contribution in [3.05, 3.63) is 24.0 Å². The highest BCUT2D eigenvalue weighted by Gasteiger charge is 2.24. The van der Waals surface area contributed by atoms with Gasteiger partial charge >= 0.3 is 0 Å². The Balaban J connectivity index is 2.03. The van der Waals surface area contributed by atoms with Crippen molar-refractivity contribution in [3.63, 3.8) is 0 Å². The molecule has 102 valence electrons. The number of rotatable bonds is 3. The van der Waals surface area contributed by atoms with Gasteiger partial charge in [0.2, 0.25) is 5.91 Å². The van der Waals surface area contributed by atoms with Crippen LogP contribution in [0.2, 0.25) is 0 Å². The highest BCUT2D eigenvalue weighted by atomic mass is 16.2. The number of piperidine rings is 1. The van der Waals surface area contributed by atoms with Crippen molar-refractivity contribution in [1.29, 1.82) is 0 Å². The Labute approximate surface area is 112 Å². The molecule has 0 aliphatic carbocycles. The molecule has 1 unspecified atom stereocenters. The lowest BCUT2D eigenvalue weighted by Crippen LogP contribution is -2.48. The predicted octanol–water partition coefficient (Wildman–Crippen LogP) is 0.474. The number of hydrogen-bond acceptors (Lipinski definition) is 4. The fourth-order valence-electron chi connectivity index (χ4n) is 2.19. The van der Waals surface area contributed by atoms with Gasteiger partial charge in [0.1, 0.15) is 0 Å². The van der Waals surface area contributed by atoms with Gasteiger partial charge in [0.25, 0.3) is 5.91 Å². The molecule has 0 saturated carbocycles. The normalized spacial score (nSPS) is 19.2. The number of likely N-dealkylation sites (N-methyl/N-ethyl adjacent to an activating group) is 1. The van der Waals surface area contributed by atoms with Gasteiger partial charge in [0, 0.05) is 51.2 Å². The largest absolute Gasteiger partial charge is 0.387 e. The number of hydrogen-bond donors (Lipinski definition) is 2. The van der Waals surface area contributed by atoms with Crippen LogP contribution in [0.1, 0.15) is 23.2 Å². The summed E-state index contributed by atoms with van der Waals surface area (Å²) in [5.74, 6) is -0.0343. The second kappa shape index (κ2) is 5.69. The van der Waals surface area contributed by atoms with Crippen LogP contribution in [0, 0.1) is 0 Å². The first-order chi connectivity index (χ1) is 9.11. The summed E-state index contributed by atoms with van der Waals surface area (Å²) in [4.78, 5) is 29.2. The van der Waals surface area contributed by atoms with Crippen LogP contribution in [-0.4, -0.2) is 48.4 Å². The zero-order valence-electron chi connectivity index (χ0n) is 11.1. The van der Waals surface area contributed by atoms with Crippen molar-refractivity contribution in [2.45, 2.75) is 18.9 Å². The lowest BCUT2D eigenvalue weighted by molar-refractivity contribution is -0.132. The van der Waals surface area contributed by atoms with E-state index in [1.807, 2.05) is 0 Å². The van der Waals surface area contributed by atoms with E-state index >= 15 is 0 Å². The molecule has 2 N–H and O–H groups in total. The SMILES string of the molecule is CNc1ccncc1C(=O)NC1CCC(=O)N(C)C1. The molecular weight excluding hydrogens is 244 g/mol. The molecule has 0 aromatic carbocycles. The fourth-order valence-corrected chi connectivity index (χ4v) is 2.19. The van der Waals surface area contributed by atoms with Crippen LogP contribution in [0.3, 0.4) is 0 Å². The van der Waals surface area contributed by atoms with Gasteiger partial charge in [-0.3, -0.25) is 14.6 Å². The van der Waals surface area contributed by atoms with Crippen molar-refractivity contribution >= 4 is 17.5 Å². The van der Waals surface area contributed by atoms with Crippen LogP contribution >= 0.6 is 0 Å². The van der Waals surface area contributed by atoms with E-state index in [1.165, 1.54) is 0 Å². The number of aromatic nitrogens is 1. The number of carbonyl (C=O) groups excluding carboxylic acids is 2. The quantitative estimate of drug-likeness (QED) is 0.830. The Morgan fingerprint density at radius 1 is 1.53 bits per heavy atom. The molecule has 1 aliphatic heterocycles. The predicted molar refractivity (Wildman–Crippen MR) is 71.9 cm³/mol. The van der Waals surface area contributed by atoms with Crippen molar-refractivity contribution < 1.29 is 9.59 Å². The number of pyridine rings is 1. The zero-order chi connectivity index (χ0) is 13.8. The summed E-state index contributed by atoms with van der Waals surface area (Å²) in [7, 11) is 3.52. The Bertz CT molecular complexity index is 489. The second-order valence-corrected chi connectivity index (χ2v) is 4.65. The number of carbonyl (C=O) groups is 2. The molecule has 2 heterocycles. The molecule has 1 fully saturated rings. The van der Waals surface area contributed by atoms with E-state index in [-0.39, 0.29) is 17.9 Å². The molecule has 1 aliphatic rings. The zero-order valence-corrected chi connectivity index (χ0v) is 11.1. The van der Waals surface area contributed by atoms with Crippen LogP contribution in [0.4, 0.5) is 5.69 Å². The van der Waals surface area contributed by atoms with E-state index < -0.39 is 0 Å². The standard InChI is InChI=1S/C13H18N4O2/c1-14-11-5-6-15-7-10(11)13(19)16-9-3-4-12(18)17(2)8-9/h5-7,9H,3-4,8H2,1-2H3,(H,14,15)(H,16,19). The Hall–Kier alpha value is -2.11. The molecule has 2 amide bonds. The van der Waals surface area contributed by atoms with Crippen molar-refractivity contribution in [1.82, 2.24) is 15.2 Å². The average Bonchev–Trinajstić information content (AvgIpc) is 2.43. The molecule has 1 aromatic heterocycles. The summed E-state index contributed by atoms with van der Waals surface area (Å²) in [5.41, 5.74) is 1.26. The Morgan fingerprint density at radius 3 is 3.00 bits per heavy atom. The van der Waals surface area contributed by atoms with E-state index in [1.54, 1.807) is 37.5 Å². The minimum absolute atomic E-state index is 0.000104. The first-order valence-electron chi connectivity index (χ1n) is 6.28. The lowest BCUT2D eigenvalue weighted by atomic mass is 10.1. The van der Waals surface area contributed by atoms with Gasteiger partial charge in [0.05, 0.1) is 5.56 Å². The van der Waals surface area contributed by atoms with Crippen LogP contribution in [0.25, 0.3) is 0 Å². The molecule has 1 saturated heterocycles. The Kier molecular flexibility index (Phi) is 3.99. The van der Waals surface area contributed by atoms with Crippen molar-refractivity contribution in [3.8, 4) is 0 Å². The van der Waals surface area contributed by atoms with Crippen LogP contribution in [0.15, 0.2) is 18.5 Å². The third-order valence-electron chi connectivity index (χ3n) is 3.30. The van der Waals surface area contributed by atoms with Gasteiger partial charge in [-0.05, 0) is 12.5 Å². The molecule has 0 radical (unpaired) electrons. The molecule has 1 atom stereocenters. The summed E-state index contributed by atoms with van der Waals surface area (Å²) in [6, 6.07) is 1.76. The minimum atomic E-state index is -0.162. The molecular formula is C13H18N4O2. The molecule has 6 nitrogen and oxygen atoms in total. The molecule has 19 heavy (non-hydrogen) atoms. The lowest BCUT2D eigenvalue weighted by Gasteiger charge is -2.30. The van der Waals surface area contributed by atoms with Gasteiger partial charge in [-0.1, -0.05) is 0 Å². The molecule has 1 aromatic rings. The Morgan fingerprint density at radius 2 is 2.32 bits per heavy atom. The van der Waals surface area contributed by atoms with E-state index in [0.717, 1.165) is 5.69 Å². The van der Waals surface area contributed by atoms with E-state index in [4.69, 9.17) is 0 Å². The maximum Gasteiger partial charge on any atom is 0.255 e. The van der Waals surface area contributed by atoms with E-state index in [0.29, 0.717) is 24.9 Å². The first kappa shape index (κ1) is 13.3. The average molecular weight is 262 g/mol. The third kappa shape index (κ3) is 3.01. The third-order valence-corrected chi connectivity index (χ3v) is 3.30. The van der Waals surface area contributed by atoms with E-state index in [9.17, 15) is 9.59 Å². The van der Waals surface area contributed by atoms with E-state index in [2.05, 4.69) is 15.6 Å². The number of nitrogens with zero attached hydrogens (tertiary/aromatic N) is 2. The van der Waals surface area contributed by atoms with Crippen molar-refractivity contribution in [2.75, 3.05) is 26.0 Å². The maximum atomic E-state index is 12.2.